The van der Waals surface area contributed by atoms with Crippen molar-refractivity contribution in [2.24, 2.45) is 5.92 Å². The van der Waals surface area contributed by atoms with Crippen molar-refractivity contribution in [3.05, 3.63) is 98.0 Å². The third-order valence-electron chi connectivity index (χ3n) is 6.63. The first-order valence-electron chi connectivity index (χ1n) is 13.6. The van der Waals surface area contributed by atoms with E-state index in [4.69, 9.17) is 27.9 Å². The molecule has 3 aromatic rings. The van der Waals surface area contributed by atoms with Crippen molar-refractivity contribution < 1.29 is 27.7 Å². The maximum Gasteiger partial charge on any atom is 0.271 e. The average molecular weight is 666 g/mol. The molecule has 0 spiro atoms. The first kappa shape index (κ1) is 34.6. The van der Waals surface area contributed by atoms with Crippen LogP contribution in [0.15, 0.2) is 66.7 Å². The number of carbonyl (C=O) groups is 2. The van der Waals surface area contributed by atoms with Gasteiger partial charge in [0.2, 0.25) is 21.8 Å². The van der Waals surface area contributed by atoms with Gasteiger partial charge in [0.05, 0.1) is 18.3 Å². The highest BCUT2D eigenvalue weighted by Gasteiger charge is 2.34. The summed E-state index contributed by atoms with van der Waals surface area (Å²) in [5.41, 5.74) is 0.628. The Morgan fingerprint density at radius 1 is 1.05 bits per heavy atom. The molecule has 0 heterocycles. The van der Waals surface area contributed by atoms with Gasteiger partial charge in [-0.25, -0.2) is 8.42 Å². The third-order valence-corrected chi connectivity index (χ3v) is 8.35. The molecule has 1 N–H and O–H groups in total. The number of anilines is 1. The largest absolute Gasteiger partial charge is 0.495 e. The number of hydrogen-bond acceptors (Lipinski definition) is 7. The Labute approximate surface area is 266 Å². The van der Waals surface area contributed by atoms with Crippen LogP contribution in [0.2, 0.25) is 10.0 Å². The van der Waals surface area contributed by atoms with E-state index in [1.54, 1.807) is 24.3 Å². The topological polar surface area (TPSA) is 139 Å². The lowest BCUT2D eigenvalue weighted by Crippen LogP contribution is -2.53. The van der Waals surface area contributed by atoms with Gasteiger partial charge in [-0.15, -0.1) is 0 Å². The maximum atomic E-state index is 14.2. The minimum atomic E-state index is -4.20. The van der Waals surface area contributed by atoms with Gasteiger partial charge in [-0.2, -0.15) is 0 Å². The van der Waals surface area contributed by atoms with Gasteiger partial charge in [-0.1, -0.05) is 73.4 Å². The molecule has 0 aliphatic rings. The van der Waals surface area contributed by atoms with Crippen LogP contribution in [0.1, 0.15) is 25.0 Å². The number of methoxy groups -OCH3 is 1. The highest BCUT2D eigenvalue weighted by Crippen LogP contribution is 2.34. The van der Waals surface area contributed by atoms with Crippen molar-refractivity contribution in [2.75, 3.05) is 30.8 Å². The summed E-state index contributed by atoms with van der Waals surface area (Å²) in [6, 6.07) is 16.1. The molecule has 0 saturated heterocycles. The minimum absolute atomic E-state index is 0.00312. The van der Waals surface area contributed by atoms with Crippen molar-refractivity contribution in [3.8, 4) is 5.75 Å². The summed E-state index contributed by atoms with van der Waals surface area (Å²) < 4.78 is 32.2. The Morgan fingerprint density at radius 3 is 2.30 bits per heavy atom. The summed E-state index contributed by atoms with van der Waals surface area (Å²) in [6.45, 7) is 3.25. The van der Waals surface area contributed by atoms with Crippen LogP contribution in [-0.4, -0.2) is 62.6 Å². The molecule has 0 bridgehead atoms. The predicted octanol–water partition coefficient (Wildman–Crippen LogP) is 5.09. The van der Waals surface area contributed by atoms with E-state index < -0.39 is 45.0 Å². The number of nitrogens with zero attached hydrogens (tertiary/aromatic N) is 3. The lowest BCUT2D eigenvalue weighted by molar-refractivity contribution is -0.384. The molecule has 3 rings (SSSR count). The third kappa shape index (κ3) is 9.31. The number of ether oxygens (including phenoxy) is 1. The van der Waals surface area contributed by atoms with E-state index in [1.165, 1.54) is 24.1 Å². The molecule has 236 valence electrons. The van der Waals surface area contributed by atoms with Gasteiger partial charge < -0.3 is 15.0 Å². The van der Waals surface area contributed by atoms with Crippen LogP contribution >= 0.6 is 23.2 Å². The number of nitrogens with one attached hydrogen (secondary N) is 1. The van der Waals surface area contributed by atoms with E-state index in [9.17, 15) is 28.1 Å². The van der Waals surface area contributed by atoms with Crippen LogP contribution < -0.4 is 14.4 Å². The Bertz CT molecular complexity index is 1600. The molecule has 0 fully saturated rings. The molecule has 0 saturated carbocycles. The van der Waals surface area contributed by atoms with Crippen molar-refractivity contribution in [1.82, 2.24) is 10.2 Å². The molecule has 1 atom stereocenters. The fourth-order valence-electron chi connectivity index (χ4n) is 4.39. The van der Waals surface area contributed by atoms with Gasteiger partial charge in [-0.05, 0) is 35.2 Å². The van der Waals surface area contributed by atoms with Crippen molar-refractivity contribution in [3.63, 3.8) is 0 Å². The lowest BCUT2D eigenvalue weighted by Gasteiger charge is -2.34. The highest BCUT2D eigenvalue weighted by molar-refractivity contribution is 7.92. The predicted molar refractivity (Wildman–Crippen MR) is 171 cm³/mol. The van der Waals surface area contributed by atoms with Crippen LogP contribution in [0.3, 0.4) is 0 Å². The number of sulfonamides is 1. The van der Waals surface area contributed by atoms with E-state index in [0.29, 0.717) is 17.1 Å². The summed E-state index contributed by atoms with van der Waals surface area (Å²) in [6.07, 6.45) is 0.983. The number of amides is 2. The van der Waals surface area contributed by atoms with Gasteiger partial charge >= 0.3 is 0 Å². The molecular weight excluding hydrogens is 631 g/mol. The van der Waals surface area contributed by atoms with E-state index in [2.05, 4.69) is 5.32 Å². The first-order valence-corrected chi connectivity index (χ1v) is 16.2. The summed E-state index contributed by atoms with van der Waals surface area (Å²) in [5.74, 6) is -1.08. The van der Waals surface area contributed by atoms with Crippen LogP contribution in [-0.2, 0) is 32.6 Å². The SMILES string of the molecule is COc1ccc([N+](=O)[O-])cc1N(CC(=O)N(Cc1ccc(Cl)cc1Cl)C(Cc1ccccc1)C(=O)NCC(C)C)S(C)(=O)=O. The normalized spacial score (nSPS) is 12.0. The Kier molecular flexibility index (Phi) is 12.0. The van der Waals surface area contributed by atoms with Crippen molar-refractivity contribution in [2.45, 2.75) is 32.9 Å². The summed E-state index contributed by atoms with van der Waals surface area (Å²) >= 11 is 12.6. The van der Waals surface area contributed by atoms with Gasteiger partial charge in [0.1, 0.15) is 24.0 Å². The number of nitro groups is 1. The maximum absolute atomic E-state index is 14.2. The van der Waals surface area contributed by atoms with Gasteiger partial charge in [0.25, 0.3) is 5.69 Å². The zero-order valence-corrected chi connectivity index (χ0v) is 27.0. The molecular formula is C30H34Cl2N4O7S. The van der Waals surface area contributed by atoms with Crippen molar-refractivity contribution >= 4 is 56.4 Å². The fraction of sp³-hybridized carbons (Fsp3) is 0.333. The number of rotatable bonds is 14. The second-order valence-corrected chi connectivity index (χ2v) is 13.2. The molecule has 44 heavy (non-hydrogen) atoms. The first-order chi connectivity index (χ1) is 20.7. The summed E-state index contributed by atoms with van der Waals surface area (Å²) in [7, 11) is -2.92. The number of halogens is 2. The van der Waals surface area contributed by atoms with Crippen LogP contribution in [0, 0.1) is 16.0 Å². The monoisotopic (exact) mass is 664 g/mol. The molecule has 11 nitrogen and oxygen atoms in total. The molecule has 3 aromatic carbocycles. The highest BCUT2D eigenvalue weighted by atomic mass is 35.5. The number of carbonyl (C=O) groups excluding carboxylic acids is 2. The minimum Gasteiger partial charge on any atom is -0.495 e. The van der Waals surface area contributed by atoms with E-state index in [1.807, 2.05) is 32.0 Å². The molecule has 1 unspecified atom stereocenters. The summed E-state index contributed by atoms with van der Waals surface area (Å²) in [4.78, 5) is 40.1. The van der Waals surface area contributed by atoms with E-state index in [0.717, 1.165) is 28.3 Å². The van der Waals surface area contributed by atoms with E-state index in [-0.39, 0.29) is 35.3 Å². The van der Waals surface area contributed by atoms with Gasteiger partial charge in [0.15, 0.2) is 0 Å². The fourth-order valence-corrected chi connectivity index (χ4v) is 5.70. The number of nitro benzene ring substituents is 1. The Morgan fingerprint density at radius 2 is 1.73 bits per heavy atom. The van der Waals surface area contributed by atoms with Crippen LogP contribution in [0.25, 0.3) is 0 Å². The molecule has 0 aromatic heterocycles. The zero-order valence-electron chi connectivity index (χ0n) is 24.7. The average Bonchev–Trinajstić information content (AvgIpc) is 2.96. The molecule has 0 aliphatic carbocycles. The number of hydrogen-bond donors (Lipinski definition) is 1. The molecule has 2 amide bonds. The Hall–Kier alpha value is -3.87. The van der Waals surface area contributed by atoms with Crippen molar-refractivity contribution in [1.29, 1.82) is 0 Å². The van der Waals surface area contributed by atoms with Crippen LogP contribution in [0.5, 0.6) is 5.75 Å². The van der Waals surface area contributed by atoms with Crippen LogP contribution in [0.4, 0.5) is 11.4 Å². The van der Waals surface area contributed by atoms with Gasteiger partial charge in [-0.3, -0.25) is 24.0 Å². The molecule has 0 aliphatic heterocycles. The second-order valence-electron chi connectivity index (χ2n) is 10.5. The van der Waals surface area contributed by atoms with E-state index >= 15 is 0 Å². The standard InChI is InChI=1S/C30H34Cl2N4O7S/c1-20(2)17-33-30(38)27(14-21-8-6-5-7-9-21)34(18-22-10-11-23(31)15-25(22)32)29(37)19-35(44(4,41)42)26-16-24(36(39)40)12-13-28(26)43-3/h5-13,15-16,20,27H,14,17-19H2,1-4H3,(H,33,38). The number of non-ortho nitro benzene ring substituents is 1. The molecule has 14 heteroatoms. The number of benzene rings is 3. The lowest BCUT2D eigenvalue weighted by atomic mass is 10.0. The Balaban J connectivity index is 2.15. The quantitative estimate of drug-likeness (QED) is 0.187. The summed E-state index contributed by atoms with van der Waals surface area (Å²) in [5, 5.41) is 15.0. The smallest absolute Gasteiger partial charge is 0.271 e. The van der Waals surface area contributed by atoms with Gasteiger partial charge in [0, 0.05) is 41.7 Å². The second kappa shape index (κ2) is 15.2. The zero-order chi connectivity index (χ0) is 32.6. The molecule has 0 radical (unpaired) electrons.